The molecule has 218 valence electrons. The summed E-state index contributed by atoms with van der Waals surface area (Å²) in [6.07, 6.45) is 0.344. The van der Waals surface area contributed by atoms with Crippen molar-refractivity contribution in [1.82, 2.24) is 24.6 Å². The van der Waals surface area contributed by atoms with E-state index >= 15 is 0 Å². The summed E-state index contributed by atoms with van der Waals surface area (Å²) in [4.78, 5) is 37.8. The fourth-order valence-electron chi connectivity index (χ4n) is 3.68. The summed E-state index contributed by atoms with van der Waals surface area (Å²) in [5, 5.41) is 2.77. The van der Waals surface area contributed by atoms with Crippen LogP contribution in [-0.4, -0.2) is 61.7 Å². The Bertz CT molecular complexity index is 1350. The summed E-state index contributed by atoms with van der Waals surface area (Å²) in [6.45, 7) is 9.92. The number of nitrogens with one attached hydrogen (secondary N) is 1. The van der Waals surface area contributed by atoms with Crippen LogP contribution in [0.15, 0.2) is 43.0 Å². The first kappa shape index (κ1) is 31.2. The van der Waals surface area contributed by atoms with Crippen molar-refractivity contribution in [2.45, 2.75) is 78.5 Å². The third kappa shape index (κ3) is 8.56. The predicted molar refractivity (Wildman–Crippen MR) is 148 cm³/mol. The molecule has 0 amide bonds. The molecule has 3 atom stereocenters. The van der Waals surface area contributed by atoms with E-state index in [1.165, 1.54) is 27.1 Å². The minimum Gasteiger partial charge on any atom is -0.461 e. The molecule has 14 heteroatoms. The number of ether oxygens (including phenoxy) is 3. The lowest BCUT2D eigenvalue weighted by Crippen LogP contribution is -2.47. The molecule has 1 aromatic carbocycles. The van der Waals surface area contributed by atoms with Gasteiger partial charge in [0.15, 0.2) is 17.6 Å². The van der Waals surface area contributed by atoms with E-state index in [-0.39, 0.29) is 12.4 Å². The average Bonchev–Trinajstić information content (AvgIpc) is 3.29. The van der Waals surface area contributed by atoms with Gasteiger partial charge in [-0.05, 0) is 47.1 Å². The van der Waals surface area contributed by atoms with E-state index in [2.05, 4.69) is 20.0 Å². The van der Waals surface area contributed by atoms with Gasteiger partial charge in [-0.3, -0.25) is 9.36 Å². The molecule has 40 heavy (non-hydrogen) atoms. The fraction of sp³-hybridized carbons (Fsp3) is 0.500. The number of hydrogen-bond donors (Lipinski definition) is 2. The van der Waals surface area contributed by atoms with Crippen LogP contribution in [0.2, 0.25) is 0 Å². The van der Waals surface area contributed by atoms with Crippen LogP contribution in [0.1, 0.15) is 47.1 Å². The van der Waals surface area contributed by atoms with E-state index in [1.807, 2.05) is 30.3 Å². The molecule has 2 heterocycles. The van der Waals surface area contributed by atoms with E-state index < -0.39 is 49.7 Å². The van der Waals surface area contributed by atoms with Gasteiger partial charge in [0.2, 0.25) is 0 Å². The molecule has 2 aromatic heterocycles. The maximum absolute atomic E-state index is 14.0. The first-order chi connectivity index (χ1) is 18.8. The van der Waals surface area contributed by atoms with Crippen LogP contribution in [0.5, 0.6) is 0 Å². The first-order valence-corrected chi connectivity index (χ1v) is 14.6. The molecule has 0 aliphatic heterocycles. The number of carbonyl (C=O) groups excluding carboxylic acids is 2. The minimum absolute atomic E-state index is 0.0352. The smallest absolute Gasteiger partial charge is 0.335 e. The van der Waals surface area contributed by atoms with Gasteiger partial charge in [-0.1, -0.05) is 30.3 Å². The van der Waals surface area contributed by atoms with Crippen molar-refractivity contribution >= 4 is 36.4 Å². The normalized spacial score (nSPS) is 15.0. The fourth-order valence-corrected chi connectivity index (χ4v) is 5.85. The summed E-state index contributed by atoms with van der Waals surface area (Å²) >= 11 is 0. The number of benzene rings is 1. The number of fused-ring (bicyclic) bond motifs is 1. The molecule has 0 fully saturated rings. The van der Waals surface area contributed by atoms with Crippen molar-refractivity contribution in [3.05, 3.63) is 48.5 Å². The highest BCUT2D eigenvalue weighted by atomic mass is 31.2. The number of nitrogens with zero attached hydrogens (tertiary/aromatic N) is 4. The molecule has 3 unspecified atom stereocenters. The molecule has 3 aromatic rings. The molecule has 13 nitrogen and oxygen atoms in total. The van der Waals surface area contributed by atoms with Crippen LogP contribution >= 0.6 is 7.52 Å². The van der Waals surface area contributed by atoms with Crippen LogP contribution in [0.4, 0.5) is 5.82 Å². The zero-order valence-electron chi connectivity index (χ0n) is 23.6. The van der Waals surface area contributed by atoms with Gasteiger partial charge in [-0.25, -0.2) is 24.8 Å². The van der Waals surface area contributed by atoms with E-state index in [1.54, 1.807) is 31.7 Å². The van der Waals surface area contributed by atoms with Gasteiger partial charge >= 0.3 is 11.9 Å². The number of rotatable bonds is 14. The second-order valence-electron chi connectivity index (χ2n) is 10.1. The summed E-state index contributed by atoms with van der Waals surface area (Å²) in [5.41, 5.74) is 6.19. The molecule has 0 spiro atoms. The number of anilines is 1. The summed E-state index contributed by atoms with van der Waals surface area (Å²) in [6, 6.07) is 9.17. The second-order valence-corrected chi connectivity index (χ2v) is 12.2. The lowest BCUT2D eigenvalue weighted by Gasteiger charge is -2.31. The standard InChI is InChI=1S/C26H37N6O7P/c1-17(2)38-24(33)19(4)39-40(35,31-26(5,6)25(34)36-13-20-10-8-7-9-11-20)16-37-18(3)12-32-15-30-21-22(27)28-14-29-23(21)32/h7-11,14-15,17-19H,12-13,16H2,1-6H3,(H,31,35)(H2,27,28,29). The molecule has 0 bridgehead atoms. The zero-order chi connectivity index (χ0) is 29.5. The lowest BCUT2D eigenvalue weighted by molar-refractivity contribution is -0.155. The molecule has 0 radical (unpaired) electrons. The Morgan fingerprint density at radius 3 is 2.48 bits per heavy atom. The Kier molecular flexibility index (Phi) is 10.4. The second kappa shape index (κ2) is 13.3. The summed E-state index contributed by atoms with van der Waals surface area (Å²) in [7, 11) is -3.99. The van der Waals surface area contributed by atoms with E-state index in [0.29, 0.717) is 17.7 Å². The van der Waals surface area contributed by atoms with Gasteiger partial charge < -0.3 is 29.0 Å². The van der Waals surface area contributed by atoms with Crippen LogP contribution in [0.25, 0.3) is 11.2 Å². The van der Waals surface area contributed by atoms with Gasteiger partial charge in [0, 0.05) is 0 Å². The number of hydrogen-bond acceptors (Lipinski definition) is 11. The number of imidazole rings is 1. The van der Waals surface area contributed by atoms with Gasteiger partial charge in [0.1, 0.15) is 30.3 Å². The minimum atomic E-state index is -3.99. The van der Waals surface area contributed by atoms with Crippen molar-refractivity contribution in [3.63, 3.8) is 0 Å². The summed E-state index contributed by atoms with van der Waals surface area (Å²) in [5.74, 6) is -1.10. The Morgan fingerprint density at radius 2 is 1.80 bits per heavy atom. The average molecular weight is 577 g/mol. The molecule has 0 saturated heterocycles. The van der Waals surface area contributed by atoms with E-state index in [0.717, 1.165) is 5.56 Å². The maximum Gasteiger partial charge on any atom is 0.335 e. The van der Waals surface area contributed by atoms with Crippen molar-refractivity contribution < 1.29 is 32.9 Å². The zero-order valence-corrected chi connectivity index (χ0v) is 24.5. The first-order valence-electron chi connectivity index (χ1n) is 12.8. The Hall–Kier alpha value is -3.38. The number of carbonyl (C=O) groups is 2. The van der Waals surface area contributed by atoms with Gasteiger partial charge in [-0.2, -0.15) is 0 Å². The topological polar surface area (TPSA) is 170 Å². The maximum atomic E-state index is 14.0. The Morgan fingerprint density at radius 1 is 1.10 bits per heavy atom. The molecule has 3 N–H and O–H groups in total. The van der Waals surface area contributed by atoms with Crippen LogP contribution < -0.4 is 10.8 Å². The Balaban J connectivity index is 1.72. The van der Waals surface area contributed by atoms with E-state index in [4.69, 9.17) is 24.5 Å². The molecular formula is C26H37N6O7P. The van der Waals surface area contributed by atoms with E-state index in [9.17, 15) is 14.2 Å². The van der Waals surface area contributed by atoms with Crippen molar-refractivity contribution in [3.8, 4) is 0 Å². The molecule has 0 saturated carbocycles. The monoisotopic (exact) mass is 576 g/mol. The number of nitrogen functional groups attached to an aromatic ring is 1. The Labute approximate surface area is 233 Å². The highest BCUT2D eigenvalue weighted by Gasteiger charge is 2.40. The number of aromatic nitrogens is 4. The van der Waals surface area contributed by atoms with Crippen LogP contribution in [0.3, 0.4) is 0 Å². The van der Waals surface area contributed by atoms with Gasteiger partial charge in [0.25, 0.3) is 7.52 Å². The molecule has 0 aliphatic rings. The SMILES string of the molecule is CC(C)OC(=O)C(C)OP(=O)(COC(C)Cn1cnc2c(N)ncnc21)NC(C)(C)C(=O)OCc1ccccc1. The molecule has 0 aliphatic carbocycles. The third-order valence-electron chi connectivity index (χ3n) is 5.60. The predicted octanol–water partition coefficient (Wildman–Crippen LogP) is 3.43. The third-order valence-corrected chi connectivity index (χ3v) is 7.64. The van der Waals surface area contributed by atoms with Crippen molar-refractivity contribution in [2.75, 3.05) is 12.1 Å². The number of esters is 2. The largest absolute Gasteiger partial charge is 0.461 e. The van der Waals surface area contributed by atoms with Gasteiger partial charge in [0.05, 0.1) is 25.1 Å². The van der Waals surface area contributed by atoms with Crippen LogP contribution in [-0.2, 0) is 46.0 Å². The van der Waals surface area contributed by atoms with Crippen molar-refractivity contribution in [2.24, 2.45) is 0 Å². The van der Waals surface area contributed by atoms with Gasteiger partial charge in [-0.15, -0.1) is 0 Å². The highest BCUT2D eigenvalue weighted by Crippen LogP contribution is 2.46. The summed E-state index contributed by atoms with van der Waals surface area (Å²) < 4.78 is 38.0. The molecular weight excluding hydrogens is 539 g/mol. The highest BCUT2D eigenvalue weighted by molar-refractivity contribution is 7.56. The lowest BCUT2D eigenvalue weighted by atomic mass is 10.1. The van der Waals surface area contributed by atoms with Crippen molar-refractivity contribution in [1.29, 1.82) is 0 Å². The quantitative estimate of drug-likeness (QED) is 0.212. The number of nitrogens with two attached hydrogens (primary N) is 1. The molecule has 3 rings (SSSR count). The van der Waals surface area contributed by atoms with Crippen LogP contribution in [0, 0.1) is 0 Å².